The number of aromatic amines is 1. The van der Waals surface area contributed by atoms with Gasteiger partial charge >= 0.3 is 0 Å². The second-order valence-corrected chi connectivity index (χ2v) is 9.08. The van der Waals surface area contributed by atoms with Crippen molar-refractivity contribution in [3.05, 3.63) is 61.4 Å². The molecule has 0 unspecified atom stereocenters. The van der Waals surface area contributed by atoms with Crippen molar-refractivity contribution in [3.63, 3.8) is 0 Å². The number of nitrogens with zero attached hydrogens (tertiary/aromatic N) is 6. The number of carbonyl (C=O) groups is 1. The normalized spacial score (nSPS) is 13.6. The van der Waals surface area contributed by atoms with Gasteiger partial charge in [0, 0.05) is 73.6 Å². The Morgan fingerprint density at radius 3 is 2.42 bits per heavy atom. The lowest BCUT2D eigenvalue weighted by atomic mass is 9.88. The average molecular weight is 488 g/mol. The van der Waals surface area contributed by atoms with E-state index < -0.39 is 0 Å². The summed E-state index contributed by atoms with van der Waals surface area (Å²) in [5.41, 5.74) is 5.05. The third kappa shape index (κ3) is 6.42. The van der Waals surface area contributed by atoms with Crippen molar-refractivity contribution >= 4 is 5.91 Å². The fourth-order valence-electron chi connectivity index (χ4n) is 4.36. The lowest BCUT2D eigenvalue weighted by Gasteiger charge is -2.25. The Bertz CT molecular complexity index is 1230. The number of hydrogen-bond acceptors (Lipinski definition) is 6. The molecule has 1 fully saturated rings. The fourth-order valence-corrected chi connectivity index (χ4v) is 4.36. The number of amides is 1. The molecule has 0 aliphatic heterocycles. The molecule has 9 nitrogen and oxygen atoms in total. The number of aromatic nitrogens is 6. The lowest BCUT2D eigenvalue weighted by Crippen LogP contribution is -2.35. The van der Waals surface area contributed by atoms with Gasteiger partial charge in [0.15, 0.2) is 5.82 Å². The average Bonchev–Trinajstić information content (AvgIpc) is 3.62. The highest BCUT2D eigenvalue weighted by molar-refractivity contribution is 5.78. The number of rotatable bonds is 6. The number of aliphatic hydroxyl groups excluding tert-OH is 1. The van der Waals surface area contributed by atoms with Crippen LogP contribution in [0.3, 0.4) is 0 Å². The third-order valence-corrected chi connectivity index (χ3v) is 6.41. The van der Waals surface area contributed by atoms with Gasteiger partial charge in [-0.25, -0.2) is 9.97 Å². The number of carbonyl (C=O) groups excluding carboxylic acids is 1. The largest absolute Gasteiger partial charge is 0.395 e. The summed E-state index contributed by atoms with van der Waals surface area (Å²) in [6.45, 7) is 0.532. The minimum absolute atomic E-state index is 0.0644. The molecule has 4 aromatic rings. The number of aliphatic hydroxyl groups is 1. The zero-order valence-corrected chi connectivity index (χ0v) is 20.8. The topological polar surface area (TPSA) is 113 Å². The van der Waals surface area contributed by atoms with Crippen LogP contribution in [0.1, 0.15) is 32.1 Å². The number of aryl methyl sites for hydroxylation is 1. The molecule has 0 bridgehead atoms. The molecule has 36 heavy (non-hydrogen) atoms. The summed E-state index contributed by atoms with van der Waals surface area (Å²) in [6, 6.07) is 8.14. The predicted molar refractivity (Wildman–Crippen MR) is 139 cm³/mol. The van der Waals surface area contributed by atoms with Crippen LogP contribution < -0.4 is 0 Å². The van der Waals surface area contributed by atoms with Crippen LogP contribution in [0, 0.1) is 5.92 Å². The number of benzene rings is 1. The Morgan fingerprint density at radius 2 is 1.78 bits per heavy atom. The number of nitrogens with one attached hydrogen (secondary N) is 1. The molecule has 188 valence electrons. The highest BCUT2D eigenvalue weighted by Gasteiger charge is 2.23. The molecule has 3 aromatic heterocycles. The maximum atomic E-state index is 11.7. The van der Waals surface area contributed by atoms with E-state index in [1.807, 2.05) is 50.2 Å². The second-order valence-electron chi connectivity index (χ2n) is 9.08. The Labute approximate surface area is 211 Å². The predicted octanol–water partition coefficient (Wildman–Crippen LogP) is 3.95. The van der Waals surface area contributed by atoms with Gasteiger partial charge in [-0.3, -0.25) is 14.6 Å². The van der Waals surface area contributed by atoms with Crippen LogP contribution in [0.5, 0.6) is 0 Å². The van der Waals surface area contributed by atoms with Crippen LogP contribution in [0.2, 0.25) is 0 Å². The van der Waals surface area contributed by atoms with Gasteiger partial charge in [-0.05, 0) is 24.5 Å². The molecule has 1 aromatic carbocycles. The quantitative estimate of drug-likeness (QED) is 0.426. The van der Waals surface area contributed by atoms with Gasteiger partial charge in [0.05, 0.1) is 19.0 Å². The Kier molecular flexibility index (Phi) is 8.57. The van der Waals surface area contributed by atoms with Crippen LogP contribution >= 0.6 is 0 Å². The van der Waals surface area contributed by atoms with Crippen molar-refractivity contribution in [1.29, 1.82) is 0 Å². The van der Waals surface area contributed by atoms with Crippen LogP contribution in [-0.2, 0) is 11.8 Å². The monoisotopic (exact) mass is 487 g/mol. The first-order valence-electron chi connectivity index (χ1n) is 12.3. The summed E-state index contributed by atoms with van der Waals surface area (Å²) in [7, 11) is 3.68. The van der Waals surface area contributed by atoms with E-state index in [2.05, 4.69) is 37.4 Å². The summed E-state index contributed by atoms with van der Waals surface area (Å²) < 4.78 is 1.79. The van der Waals surface area contributed by atoms with Crippen LogP contribution in [0.4, 0.5) is 0 Å². The first kappa shape index (κ1) is 25.2. The van der Waals surface area contributed by atoms with Crippen molar-refractivity contribution in [2.45, 2.75) is 32.1 Å². The maximum absolute atomic E-state index is 11.7. The van der Waals surface area contributed by atoms with Crippen LogP contribution in [-0.4, -0.2) is 66.1 Å². The van der Waals surface area contributed by atoms with Gasteiger partial charge in [-0.2, -0.15) is 10.2 Å². The molecular weight excluding hydrogens is 454 g/mol. The smallest absolute Gasteiger partial charge is 0.225 e. The third-order valence-electron chi connectivity index (χ3n) is 6.41. The van der Waals surface area contributed by atoms with E-state index in [0.29, 0.717) is 12.4 Å². The van der Waals surface area contributed by atoms with E-state index in [1.165, 1.54) is 19.3 Å². The minimum Gasteiger partial charge on any atom is -0.395 e. The minimum atomic E-state index is 0.0644. The second kappa shape index (κ2) is 12.2. The van der Waals surface area contributed by atoms with Gasteiger partial charge in [0.1, 0.15) is 0 Å². The van der Waals surface area contributed by atoms with Gasteiger partial charge in [0.2, 0.25) is 5.91 Å². The van der Waals surface area contributed by atoms with Crippen molar-refractivity contribution in [2.75, 3.05) is 20.2 Å². The van der Waals surface area contributed by atoms with E-state index in [4.69, 9.17) is 5.11 Å². The first-order chi connectivity index (χ1) is 17.5. The van der Waals surface area contributed by atoms with Gasteiger partial charge in [0.25, 0.3) is 0 Å². The zero-order valence-electron chi connectivity index (χ0n) is 20.8. The van der Waals surface area contributed by atoms with Crippen molar-refractivity contribution in [1.82, 2.24) is 34.8 Å². The first-order valence-corrected chi connectivity index (χ1v) is 12.3. The SMILES string of the molecule is CN(CCO)C(=O)C1CCCCC1.Cn1cc(-c2cccc(-c3ncc(-c4cn[nH]c4)cn3)c2)cn1. The molecule has 0 radical (unpaired) electrons. The van der Waals surface area contributed by atoms with Crippen molar-refractivity contribution < 1.29 is 9.90 Å². The molecule has 1 amide bonds. The molecule has 2 N–H and O–H groups in total. The highest BCUT2D eigenvalue weighted by Crippen LogP contribution is 2.26. The van der Waals surface area contributed by atoms with Crippen molar-refractivity contribution in [3.8, 4) is 33.6 Å². The van der Waals surface area contributed by atoms with E-state index in [0.717, 1.165) is 40.7 Å². The molecule has 1 aliphatic carbocycles. The summed E-state index contributed by atoms with van der Waals surface area (Å²) in [4.78, 5) is 22.3. The Hall–Kier alpha value is -3.85. The highest BCUT2D eigenvalue weighted by atomic mass is 16.3. The summed E-state index contributed by atoms with van der Waals surface area (Å²) in [6.07, 6.45) is 16.7. The van der Waals surface area contributed by atoms with E-state index in [-0.39, 0.29) is 18.4 Å². The Morgan fingerprint density at radius 1 is 1.03 bits per heavy atom. The lowest BCUT2D eigenvalue weighted by molar-refractivity contribution is -0.135. The van der Waals surface area contributed by atoms with Crippen LogP contribution in [0.15, 0.2) is 61.4 Å². The Balaban J connectivity index is 0.000000200. The number of H-pyrrole nitrogens is 1. The molecule has 5 rings (SSSR count). The summed E-state index contributed by atoms with van der Waals surface area (Å²) in [5, 5.41) is 19.6. The number of hydrogen-bond donors (Lipinski definition) is 2. The van der Waals surface area contributed by atoms with E-state index in [1.54, 1.807) is 22.8 Å². The van der Waals surface area contributed by atoms with Crippen molar-refractivity contribution in [2.24, 2.45) is 13.0 Å². The standard InChI is InChI=1S/C17H14N6.C10H19NO2/c1-23-11-16(10-22-23)12-3-2-4-13(5-12)17-18-6-14(7-19-17)15-8-20-21-9-15;1-11(7-8-12)10(13)9-5-3-2-4-6-9/h2-11H,1H3,(H,20,21);9,12H,2-8H2,1H3. The fraction of sp³-hybridized carbons (Fsp3) is 0.370. The van der Waals surface area contributed by atoms with Crippen LogP contribution in [0.25, 0.3) is 33.6 Å². The summed E-state index contributed by atoms with van der Waals surface area (Å²) in [5.74, 6) is 1.14. The molecule has 1 saturated carbocycles. The molecular formula is C27H33N7O2. The number of likely N-dealkylation sites (N-methyl/N-ethyl adjacent to an activating group) is 1. The molecule has 0 atom stereocenters. The van der Waals surface area contributed by atoms with E-state index in [9.17, 15) is 4.79 Å². The van der Waals surface area contributed by atoms with Gasteiger partial charge < -0.3 is 10.0 Å². The molecule has 0 saturated heterocycles. The summed E-state index contributed by atoms with van der Waals surface area (Å²) >= 11 is 0. The molecule has 1 aliphatic rings. The van der Waals surface area contributed by atoms with E-state index >= 15 is 0 Å². The zero-order chi connectivity index (χ0) is 25.3. The molecule has 0 spiro atoms. The maximum Gasteiger partial charge on any atom is 0.225 e. The van der Waals surface area contributed by atoms with Gasteiger partial charge in [-0.15, -0.1) is 0 Å². The van der Waals surface area contributed by atoms with Gasteiger partial charge in [-0.1, -0.05) is 37.5 Å². The molecule has 3 heterocycles. The molecule has 9 heteroatoms.